The average molecular weight is 317 g/mol. The zero-order valence-corrected chi connectivity index (χ0v) is 13.0. The van der Waals surface area contributed by atoms with Crippen LogP contribution in [0.5, 0.6) is 5.75 Å². The van der Waals surface area contributed by atoms with Gasteiger partial charge in [0.05, 0.1) is 24.9 Å². The number of para-hydroxylation sites is 1. The molecule has 1 atom stereocenters. The van der Waals surface area contributed by atoms with E-state index in [2.05, 4.69) is 5.32 Å². The Morgan fingerprint density at radius 3 is 2.65 bits per heavy atom. The van der Waals surface area contributed by atoms with Gasteiger partial charge in [0.1, 0.15) is 11.5 Å². The summed E-state index contributed by atoms with van der Waals surface area (Å²) in [5.74, 6) is -0.931. The molecule has 0 fully saturated rings. The van der Waals surface area contributed by atoms with E-state index in [1.807, 2.05) is 18.2 Å². The van der Waals surface area contributed by atoms with Crippen LogP contribution >= 0.6 is 0 Å². The van der Waals surface area contributed by atoms with E-state index in [0.717, 1.165) is 5.56 Å². The molecule has 6 nitrogen and oxygen atoms in total. The number of carboxylic acids is 1. The molecule has 1 aromatic carbocycles. The van der Waals surface area contributed by atoms with Gasteiger partial charge in [-0.25, -0.2) is 0 Å². The lowest BCUT2D eigenvalue weighted by atomic mass is 9.98. The molecule has 0 bridgehead atoms. The molecule has 0 spiro atoms. The highest BCUT2D eigenvalue weighted by atomic mass is 16.5. The molecule has 1 amide bonds. The molecule has 0 saturated heterocycles. The van der Waals surface area contributed by atoms with E-state index in [1.54, 1.807) is 19.1 Å². The van der Waals surface area contributed by atoms with Gasteiger partial charge in [0.2, 0.25) is 0 Å². The number of aliphatic carboxylic acids is 1. The minimum Gasteiger partial charge on any atom is -0.496 e. The monoisotopic (exact) mass is 317 g/mol. The second kappa shape index (κ2) is 7.49. The molecule has 1 heterocycles. The molecule has 1 aromatic heterocycles. The maximum absolute atomic E-state index is 12.0. The van der Waals surface area contributed by atoms with Crippen molar-refractivity contribution in [3.05, 3.63) is 53.5 Å². The average Bonchev–Trinajstić information content (AvgIpc) is 2.97. The van der Waals surface area contributed by atoms with Crippen molar-refractivity contribution < 1.29 is 23.8 Å². The number of hydrogen-bond donors (Lipinski definition) is 2. The van der Waals surface area contributed by atoms with Gasteiger partial charge in [-0.15, -0.1) is 0 Å². The lowest BCUT2D eigenvalue weighted by molar-refractivity contribution is -0.141. The van der Waals surface area contributed by atoms with Crippen LogP contribution in [0.4, 0.5) is 0 Å². The molecule has 2 N–H and O–H groups in total. The first-order valence-corrected chi connectivity index (χ1v) is 7.20. The summed E-state index contributed by atoms with van der Waals surface area (Å²) in [7, 11) is 1.54. The molecule has 122 valence electrons. The number of benzene rings is 1. The van der Waals surface area contributed by atoms with Gasteiger partial charge >= 0.3 is 5.97 Å². The van der Waals surface area contributed by atoms with Crippen LogP contribution in [-0.4, -0.2) is 30.6 Å². The summed E-state index contributed by atoms with van der Waals surface area (Å²) in [6, 6.07) is 8.80. The molecular formula is C17H19NO5. The minimum atomic E-state index is -0.972. The standard InChI is InChI=1S/C17H19NO5/c1-11-14(7-8-23-11)16(19)18-10-13(17(20)21)9-12-5-3-4-6-15(12)22-2/h3-8,13H,9-10H2,1-2H3,(H,18,19)(H,20,21). The van der Waals surface area contributed by atoms with Crippen molar-refractivity contribution in [1.82, 2.24) is 5.32 Å². The number of carbonyl (C=O) groups excluding carboxylic acids is 1. The fraction of sp³-hybridized carbons (Fsp3) is 0.294. The molecular weight excluding hydrogens is 298 g/mol. The van der Waals surface area contributed by atoms with E-state index in [-0.39, 0.29) is 18.9 Å². The van der Waals surface area contributed by atoms with Crippen molar-refractivity contribution in [3.8, 4) is 5.75 Å². The van der Waals surface area contributed by atoms with Crippen molar-refractivity contribution in [2.75, 3.05) is 13.7 Å². The van der Waals surface area contributed by atoms with E-state index in [1.165, 1.54) is 13.4 Å². The quantitative estimate of drug-likeness (QED) is 0.818. The Kier molecular flexibility index (Phi) is 5.41. The Bertz CT molecular complexity index is 692. The van der Waals surface area contributed by atoms with Crippen LogP contribution in [0.3, 0.4) is 0 Å². The van der Waals surface area contributed by atoms with Crippen molar-refractivity contribution in [1.29, 1.82) is 0 Å². The highest BCUT2D eigenvalue weighted by molar-refractivity contribution is 5.95. The van der Waals surface area contributed by atoms with Crippen LogP contribution in [0.2, 0.25) is 0 Å². The van der Waals surface area contributed by atoms with Crippen LogP contribution in [-0.2, 0) is 11.2 Å². The summed E-state index contributed by atoms with van der Waals surface area (Å²) in [6.45, 7) is 1.70. The molecule has 0 aliphatic rings. The van der Waals surface area contributed by atoms with Gasteiger partial charge in [-0.2, -0.15) is 0 Å². The fourth-order valence-electron chi connectivity index (χ4n) is 2.32. The maximum atomic E-state index is 12.0. The fourth-order valence-corrected chi connectivity index (χ4v) is 2.32. The Morgan fingerprint density at radius 2 is 2.04 bits per heavy atom. The molecule has 2 rings (SSSR count). The number of hydrogen-bond acceptors (Lipinski definition) is 4. The van der Waals surface area contributed by atoms with Gasteiger partial charge in [-0.3, -0.25) is 9.59 Å². The van der Waals surface area contributed by atoms with Crippen LogP contribution in [0.1, 0.15) is 21.7 Å². The first-order valence-electron chi connectivity index (χ1n) is 7.20. The predicted octanol–water partition coefficient (Wildman–Crippen LogP) is 2.27. The predicted molar refractivity (Wildman–Crippen MR) is 83.6 cm³/mol. The lowest BCUT2D eigenvalue weighted by Gasteiger charge is -2.15. The van der Waals surface area contributed by atoms with Crippen molar-refractivity contribution in [2.24, 2.45) is 5.92 Å². The van der Waals surface area contributed by atoms with Crippen molar-refractivity contribution >= 4 is 11.9 Å². The Balaban J connectivity index is 2.03. The first kappa shape index (κ1) is 16.6. The summed E-state index contributed by atoms with van der Waals surface area (Å²) in [4.78, 5) is 23.5. The van der Waals surface area contributed by atoms with E-state index in [0.29, 0.717) is 17.1 Å². The third-order valence-corrected chi connectivity index (χ3v) is 3.62. The maximum Gasteiger partial charge on any atom is 0.308 e. The summed E-state index contributed by atoms with van der Waals surface area (Å²) in [5.41, 5.74) is 1.20. The molecule has 0 aliphatic heterocycles. The van der Waals surface area contributed by atoms with E-state index in [9.17, 15) is 14.7 Å². The highest BCUT2D eigenvalue weighted by Crippen LogP contribution is 2.21. The number of nitrogens with one attached hydrogen (secondary N) is 1. The molecule has 6 heteroatoms. The molecule has 0 radical (unpaired) electrons. The van der Waals surface area contributed by atoms with Crippen LogP contribution < -0.4 is 10.1 Å². The SMILES string of the molecule is COc1ccccc1CC(CNC(=O)c1ccoc1C)C(=O)O. The third-order valence-electron chi connectivity index (χ3n) is 3.62. The largest absolute Gasteiger partial charge is 0.496 e. The minimum absolute atomic E-state index is 0.0246. The van der Waals surface area contributed by atoms with E-state index < -0.39 is 11.9 Å². The van der Waals surface area contributed by atoms with Crippen LogP contribution in [0.25, 0.3) is 0 Å². The first-order chi connectivity index (χ1) is 11.0. The number of carbonyl (C=O) groups is 2. The number of carboxylic acid groups (broad SMARTS) is 1. The van der Waals surface area contributed by atoms with Gasteiger partial charge in [-0.1, -0.05) is 18.2 Å². The van der Waals surface area contributed by atoms with Crippen LogP contribution in [0, 0.1) is 12.8 Å². The molecule has 23 heavy (non-hydrogen) atoms. The van der Waals surface area contributed by atoms with Crippen molar-refractivity contribution in [3.63, 3.8) is 0 Å². The van der Waals surface area contributed by atoms with Gasteiger partial charge in [-0.05, 0) is 31.0 Å². The normalized spacial score (nSPS) is 11.7. The second-order valence-electron chi connectivity index (χ2n) is 5.15. The third kappa shape index (κ3) is 4.12. The number of furan rings is 1. The van der Waals surface area contributed by atoms with Crippen molar-refractivity contribution in [2.45, 2.75) is 13.3 Å². The molecule has 1 unspecified atom stereocenters. The number of rotatable bonds is 7. The Morgan fingerprint density at radius 1 is 1.30 bits per heavy atom. The van der Waals surface area contributed by atoms with Gasteiger partial charge in [0.25, 0.3) is 5.91 Å². The summed E-state index contributed by atoms with van der Waals surface area (Å²) in [6.07, 6.45) is 1.69. The van der Waals surface area contributed by atoms with Crippen LogP contribution in [0.15, 0.2) is 41.0 Å². The molecule has 0 saturated carbocycles. The van der Waals surface area contributed by atoms with Gasteiger partial charge in [0.15, 0.2) is 0 Å². The number of aryl methyl sites for hydroxylation is 1. The zero-order valence-electron chi connectivity index (χ0n) is 13.0. The Labute approximate surface area is 134 Å². The zero-order chi connectivity index (χ0) is 16.8. The number of methoxy groups -OCH3 is 1. The van der Waals surface area contributed by atoms with Gasteiger partial charge < -0.3 is 19.6 Å². The number of amides is 1. The number of ether oxygens (including phenoxy) is 1. The summed E-state index contributed by atoms with van der Waals surface area (Å²) >= 11 is 0. The van der Waals surface area contributed by atoms with E-state index >= 15 is 0 Å². The van der Waals surface area contributed by atoms with E-state index in [4.69, 9.17) is 9.15 Å². The summed E-state index contributed by atoms with van der Waals surface area (Å²) < 4.78 is 10.3. The Hall–Kier alpha value is -2.76. The second-order valence-corrected chi connectivity index (χ2v) is 5.15. The highest BCUT2D eigenvalue weighted by Gasteiger charge is 2.21. The topological polar surface area (TPSA) is 88.8 Å². The molecule has 2 aromatic rings. The molecule has 0 aliphatic carbocycles. The summed E-state index contributed by atoms with van der Waals surface area (Å²) in [5, 5.41) is 12.0. The lowest BCUT2D eigenvalue weighted by Crippen LogP contribution is -2.34. The smallest absolute Gasteiger partial charge is 0.308 e. The van der Waals surface area contributed by atoms with Gasteiger partial charge in [0, 0.05) is 6.54 Å².